The van der Waals surface area contributed by atoms with Crippen molar-refractivity contribution in [1.29, 1.82) is 0 Å². The lowest BCUT2D eigenvalue weighted by Gasteiger charge is -2.11. The van der Waals surface area contributed by atoms with Crippen LogP contribution in [0.25, 0.3) is 0 Å². The molecule has 0 saturated carbocycles. The Bertz CT molecular complexity index is 461. The Morgan fingerprint density at radius 3 is 2.53 bits per heavy atom. The lowest BCUT2D eigenvalue weighted by atomic mass is 10.1. The number of hydrogen-bond acceptors (Lipinski definition) is 4. The average molecular weight is 265 g/mol. The maximum atomic E-state index is 11.6. The van der Waals surface area contributed by atoms with Gasteiger partial charge < -0.3 is 27.4 Å². The van der Waals surface area contributed by atoms with Gasteiger partial charge >= 0.3 is 6.03 Å². The quantitative estimate of drug-likeness (QED) is 0.370. The lowest BCUT2D eigenvalue weighted by molar-refractivity contribution is 0.0956. The average Bonchev–Trinajstić information content (AvgIpc) is 2.36. The van der Waals surface area contributed by atoms with Crippen molar-refractivity contribution in [3.05, 3.63) is 23.8 Å². The summed E-state index contributed by atoms with van der Waals surface area (Å²) in [6.07, 6.45) is 0. The SMILES string of the molecule is CCNC(=O)c1ccc(NCCNC(N)=O)c(N)c1. The number of rotatable bonds is 6. The molecule has 0 unspecified atom stereocenters. The number of amides is 3. The largest absolute Gasteiger partial charge is 0.397 e. The normalized spacial score (nSPS) is 9.74. The summed E-state index contributed by atoms with van der Waals surface area (Å²) >= 11 is 0. The van der Waals surface area contributed by atoms with Crippen molar-refractivity contribution in [3.63, 3.8) is 0 Å². The number of urea groups is 1. The standard InChI is InChI=1S/C12H19N5O2/c1-2-15-11(18)8-3-4-10(9(13)7-8)16-5-6-17-12(14)19/h3-4,7,16H,2,5-6,13H2,1H3,(H,15,18)(H3,14,17,19). The van der Waals surface area contributed by atoms with Crippen LogP contribution in [-0.2, 0) is 0 Å². The summed E-state index contributed by atoms with van der Waals surface area (Å²) in [7, 11) is 0. The van der Waals surface area contributed by atoms with Crippen LogP contribution < -0.4 is 27.4 Å². The number of benzene rings is 1. The van der Waals surface area contributed by atoms with Gasteiger partial charge in [-0.25, -0.2) is 4.79 Å². The van der Waals surface area contributed by atoms with Crippen molar-refractivity contribution in [1.82, 2.24) is 10.6 Å². The summed E-state index contributed by atoms with van der Waals surface area (Å²) in [5.41, 5.74) is 12.5. The molecular weight excluding hydrogens is 246 g/mol. The van der Waals surface area contributed by atoms with E-state index < -0.39 is 6.03 Å². The fourth-order valence-electron chi connectivity index (χ4n) is 1.51. The predicted octanol–water partition coefficient (Wildman–Crippen LogP) is 0.0987. The smallest absolute Gasteiger partial charge is 0.312 e. The zero-order chi connectivity index (χ0) is 14.3. The van der Waals surface area contributed by atoms with Gasteiger partial charge in [-0.05, 0) is 25.1 Å². The molecule has 0 bridgehead atoms. The van der Waals surface area contributed by atoms with Gasteiger partial charge in [-0.1, -0.05) is 0 Å². The van der Waals surface area contributed by atoms with Gasteiger partial charge in [0, 0.05) is 25.2 Å². The number of nitrogen functional groups attached to an aromatic ring is 1. The maximum Gasteiger partial charge on any atom is 0.312 e. The Morgan fingerprint density at radius 2 is 1.95 bits per heavy atom. The fourth-order valence-corrected chi connectivity index (χ4v) is 1.51. The van der Waals surface area contributed by atoms with Gasteiger partial charge in [-0.2, -0.15) is 0 Å². The Kier molecular flexibility index (Phi) is 5.46. The van der Waals surface area contributed by atoms with E-state index in [9.17, 15) is 9.59 Å². The maximum absolute atomic E-state index is 11.6. The third-order valence-corrected chi connectivity index (χ3v) is 2.39. The van der Waals surface area contributed by atoms with Crippen LogP contribution in [0.15, 0.2) is 18.2 Å². The van der Waals surface area contributed by atoms with E-state index in [1.165, 1.54) is 0 Å². The highest BCUT2D eigenvalue weighted by atomic mass is 16.2. The van der Waals surface area contributed by atoms with Gasteiger partial charge in [0.15, 0.2) is 0 Å². The minimum absolute atomic E-state index is 0.156. The van der Waals surface area contributed by atoms with E-state index in [4.69, 9.17) is 11.5 Å². The number of nitrogens with two attached hydrogens (primary N) is 2. The van der Waals surface area contributed by atoms with E-state index in [-0.39, 0.29) is 5.91 Å². The molecule has 0 aliphatic rings. The molecule has 104 valence electrons. The van der Waals surface area contributed by atoms with Gasteiger partial charge in [0.2, 0.25) is 0 Å². The van der Waals surface area contributed by atoms with Crippen LogP contribution in [0, 0.1) is 0 Å². The molecule has 7 nitrogen and oxygen atoms in total. The third-order valence-electron chi connectivity index (χ3n) is 2.39. The Morgan fingerprint density at radius 1 is 1.21 bits per heavy atom. The molecule has 0 atom stereocenters. The highest BCUT2D eigenvalue weighted by molar-refractivity contribution is 5.96. The van der Waals surface area contributed by atoms with Gasteiger partial charge in [0.05, 0.1) is 11.4 Å². The number of carbonyl (C=O) groups is 2. The lowest BCUT2D eigenvalue weighted by Crippen LogP contribution is -2.33. The molecule has 7 heteroatoms. The van der Waals surface area contributed by atoms with Gasteiger partial charge in [-0.3, -0.25) is 4.79 Å². The van der Waals surface area contributed by atoms with Crippen molar-refractivity contribution in [2.24, 2.45) is 5.73 Å². The molecule has 1 rings (SSSR count). The van der Waals surface area contributed by atoms with Crippen LogP contribution >= 0.6 is 0 Å². The zero-order valence-electron chi connectivity index (χ0n) is 10.8. The molecule has 3 amide bonds. The van der Waals surface area contributed by atoms with Crippen molar-refractivity contribution in [2.45, 2.75) is 6.92 Å². The molecule has 0 heterocycles. The van der Waals surface area contributed by atoms with E-state index in [0.717, 1.165) is 0 Å². The number of carbonyl (C=O) groups excluding carboxylic acids is 2. The highest BCUT2D eigenvalue weighted by Crippen LogP contribution is 2.19. The molecule has 1 aromatic rings. The summed E-state index contributed by atoms with van der Waals surface area (Å²) in [6, 6.07) is 4.45. The van der Waals surface area contributed by atoms with Crippen molar-refractivity contribution < 1.29 is 9.59 Å². The van der Waals surface area contributed by atoms with Crippen LogP contribution in [0.4, 0.5) is 16.2 Å². The summed E-state index contributed by atoms with van der Waals surface area (Å²) < 4.78 is 0. The topological polar surface area (TPSA) is 122 Å². The first kappa shape index (κ1) is 14.6. The summed E-state index contributed by atoms with van der Waals surface area (Å²) in [5.74, 6) is -0.156. The minimum Gasteiger partial charge on any atom is -0.397 e. The minimum atomic E-state index is -0.568. The van der Waals surface area contributed by atoms with E-state index >= 15 is 0 Å². The predicted molar refractivity (Wildman–Crippen MR) is 74.9 cm³/mol. The second-order valence-corrected chi connectivity index (χ2v) is 3.88. The van der Waals surface area contributed by atoms with E-state index in [2.05, 4.69) is 16.0 Å². The van der Waals surface area contributed by atoms with Gasteiger partial charge in [0.25, 0.3) is 5.91 Å². The molecule has 0 radical (unpaired) electrons. The summed E-state index contributed by atoms with van der Waals surface area (Å²) in [6.45, 7) is 3.31. The van der Waals surface area contributed by atoms with Crippen LogP contribution in [0.2, 0.25) is 0 Å². The monoisotopic (exact) mass is 265 g/mol. The molecule has 0 fully saturated rings. The van der Waals surface area contributed by atoms with Crippen molar-refractivity contribution in [3.8, 4) is 0 Å². The zero-order valence-corrected chi connectivity index (χ0v) is 10.8. The molecule has 19 heavy (non-hydrogen) atoms. The van der Waals surface area contributed by atoms with Crippen LogP contribution in [0.3, 0.4) is 0 Å². The summed E-state index contributed by atoms with van der Waals surface area (Å²) in [5, 5.41) is 8.19. The molecule has 7 N–H and O–H groups in total. The highest BCUT2D eigenvalue weighted by Gasteiger charge is 2.06. The fraction of sp³-hybridized carbons (Fsp3) is 0.333. The number of nitrogens with one attached hydrogen (secondary N) is 3. The second kappa shape index (κ2) is 7.10. The molecule has 0 aliphatic heterocycles. The first-order chi connectivity index (χ1) is 9.04. The Hall–Kier alpha value is -2.44. The second-order valence-electron chi connectivity index (χ2n) is 3.88. The number of primary amides is 1. The molecule has 0 aromatic heterocycles. The molecule has 0 aliphatic carbocycles. The van der Waals surface area contributed by atoms with E-state index in [1.807, 2.05) is 6.92 Å². The first-order valence-corrected chi connectivity index (χ1v) is 5.99. The third kappa shape index (κ3) is 4.74. The molecule has 1 aromatic carbocycles. The van der Waals surface area contributed by atoms with Gasteiger partial charge in [0.1, 0.15) is 0 Å². The molecule has 0 spiro atoms. The van der Waals surface area contributed by atoms with Gasteiger partial charge in [-0.15, -0.1) is 0 Å². The van der Waals surface area contributed by atoms with Crippen molar-refractivity contribution >= 4 is 23.3 Å². The van der Waals surface area contributed by atoms with Crippen LogP contribution in [0.1, 0.15) is 17.3 Å². The molecular formula is C12H19N5O2. The van der Waals surface area contributed by atoms with Crippen LogP contribution in [0.5, 0.6) is 0 Å². The van der Waals surface area contributed by atoms with E-state index in [0.29, 0.717) is 36.6 Å². The van der Waals surface area contributed by atoms with Crippen molar-refractivity contribution in [2.75, 3.05) is 30.7 Å². The Balaban J connectivity index is 2.57. The number of hydrogen-bond donors (Lipinski definition) is 5. The summed E-state index contributed by atoms with van der Waals surface area (Å²) in [4.78, 5) is 22.1. The number of anilines is 2. The van der Waals surface area contributed by atoms with E-state index in [1.54, 1.807) is 18.2 Å². The first-order valence-electron chi connectivity index (χ1n) is 5.99. The Labute approximate surface area is 111 Å². The molecule has 0 saturated heterocycles. The van der Waals surface area contributed by atoms with Crippen LogP contribution in [-0.4, -0.2) is 31.6 Å².